The first-order valence-electron chi connectivity index (χ1n) is 5.79. The Balaban J connectivity index is 0.00000162. The summed E-state index contributed by atoms with van der Waals surface area (Å²) < 4.78 is 5.49. The summed E-state index contributed by atoms with van der Waals surface area (Å²) in [6, 6.07) is 0. The number of ketones is 1. The molecule has 1 aromatic heterocycles. The van der Waals surface area contributed by atoms with E-state index in [9.17, 15) is 9.59 Å². The molecule has 0 aliphatic heterocycles. The van der Waals surface area contributed by atoms with Gasteiger partial charge in [0.2, 0.25) is 0 Å². The molecule has 1 aliphatic rings. The molecule has 0 saturated heterocycles. The lowest BCUT2D eigenvalue weighted by Crippen LogP contribution is -2.29. The van der Waals surface area contributed by atoms with Crippen molar-refractivity contribution in [2.45, 2.75) is 26.2 Å². The number of furan rings is 1. The first kappa shape index (κ1) is 14.7. The minimum absolute atomic E-state index is 0. The molecule has 100 valence electrons. The number of carbonyl (C=O) groups excluding carboxylic acids is 2. The normalized spacial score (nSPS) is 13.8. The minimum atomic E-state index is -0.296. The number of rotatable bonds is 3. The molecule has 1 aliphatic carbocycles. The third-order valence-corrected chi connectivity index (χ3v) is 2.94. The summed E-state index contributed by atoms with van der Waals surface area (Å²) in [6.45, 7) is 2.53. The molecule has 1 heterocycles. The molecule has 3 N–H and O–H groups in total. The van der Waals surface area contributed by atoms with Crippen molar-refractivity contribution in [1.82, 2.24) is 5.32 Å². The van der Waals surface area contributed by atoms with Gasteiger partial charge in [-0.05, 0) is 13.3 Å². The summed E-state index contributed by atoms with van der Waals surface area (Å²) in [7, 11) is 0. The minimum Gasteiger partial charge on any atom is -0.455 e. The fourth-order valence-electron chi connectivity index (χ4n) is 2.13. The zero-order valence-corrected chi connectivity index (χ0v) is 11.1. The fourth-order valence-corrected chi connectivity index (χ4v) is 2.13. The summed E-state index contributed by atoms with van der Waals surface area (Å²) in [5.41, 5.74) is 6.57. The molecule has 0 bridgehead atoms. The van der Waals surface area contributed by atoms with E-state index in [1.807, 2.05) is 0 Å². The number of amides is 1. The van der Waals surface area contributed by atoms with Crippen molar-refractivity contribution in [3.8, 4) is 0 Å². The van der Waals surface area contributed by atoms with Crippen LogP contribution in [0, 0.1) is 6.92 Å². The van der Waals surface area contributed by atoms with Crippen LogP contribution in [-0.2, 0) is 6.42 Å². The van der Waals surface area contributed by atoms with Crippen LogP contribution < -0.4 is 11.1 Å². The lowest BCUT2D eigenvalue weighted by molar-refractivity contribution is 0.0920. The Kier molecular flexibility index (Phi) is 4.93. The Labute approximate surface area is 112 Å². The van der Waals surface area contributed by atoms with Gasteiger partial charge in [0.25, 0.3) is 5.91 Å². The third-order valence-electron chi connectivity index (χ3n) is 2.94. The Hall–Kier alpha value is -1.33. The first-order chi connectivity index (χ1) is 8.15. The zero-order valence-electron chi connectivity index (χ0n) is 10.2. The van der Waals surface area contributed by atoms with E-state index in [0.717, 1.165) is 12.8 Å². The number of hydrogen-bond donors (Lipinski definition) is 2. The largest absolute Gasteiger partial charge is 0.455 e. The molecular weight excluding hydrogens is 256 g/mol. The molecule has 18 heavy (non-hydrogen) atoms. The lowest BCUT2D eigenvalue weighted by atomic mass is 9.94. The van der Waals surface area contributed by atoms with Gasteiger partial charge in [-0.25, -0.2) is 0 Å². The van der Waals surface area contributed by atoms with Crippen LogP contribution in [0.3, 0.4) is 0 Å². The molecule has 1 amide bonds. The molecule has 0 spiro atoms. The van der Waals surface area contributed by atoms with Crippen molar-refractivity contribution >= 4 is 24.1 Å². The average Bonchev–Trinajstić information content (AvgIpc) is 2.65. The summed E-state index contributed by atoms with van der Waals surface area (Å²) in [4.78, 5) is 23.5. The van der Waals surface area contributed by atoms with Gasteiger partial charge in [-0.3, -0.25) is 9.59 Å². The van der Waals surface area contributed by atoms with E-state index in [4.69, 9.17) is 10.2 Å². The van der Waals surface area contributed by atoms with Gasteiger partial charge >= 0.3 is 0 Å². The quantitative estimate of drug-likeness (QED) is 0.866. The van der Waals surface area contributed by atoms with Gasteiger partial charge in [0.1, 0.15) is 5.76 Å². The number of fused-ring (bicyclic) bond motifs is 1. The smallest absolute Gasteiger partial charge is 0.287 e. The summed E-state index contributed by atoms with van der Waals surface area (Å²) >= 11 is 0. The summed E-state index contributed by atoms with van der Waals surface area (Å²) in [5.74, 6) is 0.677. The monoisotopic (exact) mass is 272 g/mol. The molecule has 0 atom stereocenters. The van der Waals surface area contributed by atoms with Crippen LogP contribution in [0.1, 0.15) is 45.1 Å². The predicted octanol–water partition coefficient (Wildman–Crippen LogP) is 1.22. The van der Waals surface area contributed by atoms with Crippen LogP contribution in [0.15, 0.2) is 4.42 Å². The van der Waals surface area contributed by atoms with Crippen LogP contribution in [0.5, 0.6) is 0 Å². The van der Waals surface area contributed by atoms with Crippen molar-refractivity contribution in [2.75, 3.05) is 13.1 Å². The molecule has 0 aromatic carbocycles. The number of Topliss-reactive ketones (excluding diaryl/α,β-unsaturated/α-hetero) is 1. The van der Waals surface area contributed by atoms with Crippen molar-refractivity contribution in [1.29, 1.82) is 0 Å². The molecule has 0 radical (unpaired) electrons. The van der Waals surface area contributed by atoms with Crippen LogP contribution >= 0.6 is 12.4 Å². The maximum atomic E-state index is 11.8. The number of nitrogens with one attached hydrogen (secondary N) is 1. The highest BCUT2D eigenvalue weighted by Crippen LogP contribution is 2.29. The first-order valence-corrected chi connectivity index (χ1v) is 5.79. The molecule has 0 fully saturated rings. The van der Waals surface area contributed by atoms with Gasteiger partial charge in [0, 0.05) is 31.5 Å². The summed E-state index contributed by atoms with van der Waals surface area (Å²) in [5, 5.41) is 2.64. The van der Waals surface area contributed by atoms with E-state index in [2.05, 4.69) is 5.32 Å². The highest BCUT2D eigenvalue weighted by Gasteiger charge is 2.28. The summed E-state index contributed by atoms with van der Waals surface area (Å²) in [6.07, 6.45) is 2.06. The number of aryl methyl sites for hydroxylation is 1. The van der Waals surface area contributed by atoms with E-state index < -0.39 is 0 Å². The Morgan fingerprint density at radius 2 is 2.17 bits per heavy atom. The van der Waals surface area contributed by atoms with Crippen molar-refractivity contribution in [3.63, 3.8) is 0 Å². The number of halogens is 1. The van der Waals surface area contributed by atoms with E-state index >= 15 is 0 Å². The second-order valence-corrected chi connectivity index (χ2v) is 4.18. The van der Waals surface area contributed by atoms with Gasteiger partial charge in [-0.2, -0.15) is 0 Å². The van der Waals surface area contributed by atoms with Gasteiger partial charge < -0.3 is 15.5 Å². The van der Waals surface area contributed by atoms with Gasteiger partial charge in [0.15, 0.2) is 11.5 Å². The second-order valence-electron chi connectivity index (χ2n) is 4.18. The van der Waals surface area contributed by atoms with Crippen molar-refractivity contribution < 1.29 is 14.0 Å². The Morgan fingerprint density at radius 1 is 1.44 bits per heavy atom. The molecule has 1 aromatic rings. The topological polar surface area (TPSA) is 85.3 Å². The molecule has 2 rings (SSSR count). The van der Waals surface area contributed by atoms with E-state index in [0.29, 0.717) is 36.4 Å². The van der Waals surface area contributed by atoms with Crippen LogP contribution in [0.4, 0.5) is 0 Å². The Bertz CT molecular complexity index is 468. The van der Waals surface area contributed by atoms with E-state index in [-0.39, 0.29) is 29.9 Å². The van der Waals surface area contributed by atoms with Crippen LogP contribution in [0.25, 0.3) is 0 Å². The van der Waals surface area contributed by atoms with E-state index in [1.54, 1.807) is 6.92 Å². The third kappa shape index (κ3) is 2.57. The maximum absolute atomic E-state index is 11.8. The standard InChI is InChI=1S/C12H16N2O3.ClH/c1-7-10-8(15)3-2-4-9(10)17-11(7)12(16)14-6-5-13;/h2-6,13H2,1H3,(H,14,16);1H. The Morgan fingerprint density at radius 3 is 2.78 bits per heavy atom. The lowest BCUT2D eigenvalue weighted by Gasteiger charge is -2.07. The molecule has 5 nitrogen and oxygen atoms in total. The maximum Gasteiger partial charge on any atom is 0.287 e. The average molecular weight is 273 g/mol. The molecular formula is C12H17ClN2O3. The number of carbonyl (C=O) groups is 2. The van der Waals surface area contributed by atoms with E-state index in [1.165, 1.54) is 0 Å². The number of hydrogen-bond acceptors (Lipinski definition) is 4. The molecule has 0 unspecified atom stereocenters. The van der Waals surface area contributed by atoms with Crippen LogP contribution in [-0.4, -0.2) is 24.8 Å². The highest BCUT2D eigenvalue weighted by atomic mass is 35.5. The zero-order chi connectivity index (χ0) is 12.4. The molecule has 0 saturated carbocycles. The van der Waals surface area contributed by atoms with Crippen LogP contribution in [0.2, 0.25) is 0 Å². The van der Waals surface area contributed by atoms with Gasteiger partial charge in [-0.15, -0.1) is 12.4 Å². The SMILES string of the molecule is Cc1c(C(=O)NCCN)oc2c1C(=O)CCC2.Cl. The van der Waals surface area contributed by atoms with Crippen molar-refractivity contribution in [2.24, 2.45) is 5.73 Å². The second kappa shape index (κ2) is 6.02. The fraction of sp³-hybridized carbons (Fsp3) is 0.500. The highest BCUT2D eigenvalue weighted by molar-refractivity contribution is 6.03. The van der Waals surface area contributed by atoms with Crippen molar-refractivity contribution in [3.05, 3.63) is 22.6 Å². The predicted molar refractivity (Wildman–Crippen MR) is 69.3 cm³/mol. The van der Waals surface area contributed by atoms with Gasteiger partial charge in [-0.1, -0.05) is 0 Å². The number of nitrogens with two attached hydrogens (primary N) is 1. The van der Waals surface area contributed by atoms with Gasteiger partial charge in [0.05, 0.1) is 5.56 Å². The molecule has 6 heteroatoms.